The van der Waals surface area contributed by atoms with E-state index in [4.69, 9.17) is 4.74 Å². The highest BCUT2D eigenvalue weighted by Crippen LogP contribution is 2.26. The first-order valence-electron chi connectivity index (χ1n) is 6.95. The van der Waals surface area contributed by atoms with Crippen molar-refractivity contribution in [1.82, 2.24) is 24.2 Å². The van der Waals surface area contributed by atoms with Gasteiger partial charge in [0.1, 0.15) is 11.5 Å². The van der Waals surface area contributed by atoms with Crippen molar-refractivity contribution in [1.29, 1.82) is 0 Å². The number of aryl methyl sites for hydroxylation is 1. The lowest BCUT2D eigenvalue weighted by Gasteiger charge is -2.34. The van der Waals surface area contributed by atoms with Crippen LogP contribution >= 0.6 is 0 Å². The summed E-state index contributed by atoms with van der Waals surface area (Å²) >= 11 is 0. The summed E-state index contributed by atoms with van der Waals surface area (Å²) in [4.78, 5) is 18.9. The van der Waals surface area contributed by atoms with Gasteiger partial charge in [-0.2, -0.15) is 5.10 Å². The molecule has 3 rings (SSSR count). The quantitative estimate of drug-likeness (QED) is 0.845. The fraction of sp³-hybridized carbons (Fsp3) is 0.500. The fourth-order valence-electron chi connectivity index (χ4n) is 2.83. The van der Waals surface area contributed by atoms with Gasteiger partial charge in [-0.1, -0.05) is 0 Å². The average Bonchev–Trinajstić information content (AvgIpc) is 3.06. The fourth-order valence-corrected chi connectivity index (χ4v) is 2.83. The van der Waals surface area contributed by atoms with Crippen LogP contribution in [0.4, 0.5) is 0 Å². The number of amides is 1. The summed E-state index contributed by atoms with van der Waals surface area (Å²) in [6.45, 7) is 3.94. The minimum absolute atomic E-state index is 0.00922. The van der Waals surface area contributed by atoms with E-state index in [9.17, 15) is 4.79 Å². The Hall–Kier alpha value is -2.15. The summed E-state index contributed by atoms with van der Waals surface area (Å²) in [6, 6.07) is 1.68. The SMILES string of the molecule is COCc1cnc2n1CCN(C(=O)c1ccnn1C)C2C. The predicted molar refractivity (Wildman–Crippen MR) is 75.6 cm³/mol. The lowest BCUT2D eigenvalue weighted by Crippen LogP contribution is -2.42. The molecule has 1 amide bonds. The van der Waals surface area contributed by atoms with Crippen molar-refractivity contribution in [2.24, 2.45) is 7.05 Å². The Labute approximate surface area is 123 Å². The standard InChI is InChI=1S/C14H19N5O2/c1-10-13-15-8-11(9-21-3)19(13)7-6-18(10)14(20)12-4-5-16-17(12)2/h4-5,8,10H,6-7,9H2,1-3H3. The Morgan fingerprint density at radius 1 is 1.48 bits per heavy atom. The van der Waals surface area contributed by atoms with Crippen molar-refractivity contribution in [3.63, 3.8) is 0 Å². The molecule has 0 radical (unpaired) electrons. The number of hydrogen-bond acceptors (Lipinski definition) is 4. The van der Waals surface area contributed by atoms with Crippen LogP contribution in [0.1, 0.15) is 35.0 Å². The minimum atomic E-state index is -0.0632. The summed E-state index contributed by atoms with van der Waals surface area (Å²) in [6.07, 6.45) is 3.47. The van der Waals surface area contributed by atoms with Crippen molar-refractivity contribution in [2.75, 3.05) is 13.7 Å². The zero-order valence-corrected chi connectivity index (χ0v) is 12.5. The molecule has 0 N–H and O–H groups in total. The van der Waals surface area contributed by atoms with Gasteiger partial charge >= 0.3 is 0 Å². The van der Waals surface area contributed by atoms with Crippen molar-refractivity contribution in [2.45, 2.75) is 26.1 Å². The van der Waals surface area contributed by atoms with E-state index in [1.807, 2.05) is 18.0 Å². The number of aromatic nitrogens is 4. The van der Waals surface area contributed by atoms with Crippen LogP contribution in [-0.2, 0) is 24.9 Å². The van der Waals surface area contributed by atoms with Crippen LogP contribution in [0.5, 0.6) is 0 Å². The smallest absolute Gasteiger partial charge is 0.272 e. The molecule has 1 atom stereocenters. The largest absolute Gasteiger partial charge is 0.378 e. The maximum atomic E-state index is 12.6. The molecule has 3 heterocycles. The summed E-state index contributed by atoms with van der Waals surface area (Å²) in [5.41, 5.74) is 1.64. The second kappa shape index (κ2) is 5.33. The summed E-state index contributed by atoms with van der Waals surface area (Å²) in [5, 5.41) is 4.06. The third kappa shape index (κ3) is 2.23. The van der Waals surface area contributed by atoms with Gasteiger partial charge in [0.2, 0.25) is 0 Å². The van der Waals surface area contributed by atoms with Crippen LogP contribution in [0.15, 0.2) is 18.5 Å². The molecular formula is C14H19N5O2. The van der Waals surface area contributed by atoms with Gasteiger partial charge in [0.25, 0.3) is 5.91 Å². The van der Waals surface area contributed by atoms with Gasteiger partial charge in [0, 0.05) is 33.4 Å². The number of imidazole rings is 1. The first-order chi connectivity index (χ1) is 10.1. The Balaban J connectivity index is 1.87. The molecule has 1 unspecified atom stereocenters. The summed E-state index contributed by atoms with van der Waals surface area (Å²) < 4.78 is 8.93. The highest BCUT2D eigenvalue weighted by molar-refractivity contribution is 5.92. The molecule has 2 aromatic heterocycles. The van der Waals surface area contributed by atoms with Crippen molar-refractivity contribution in [3.8, 4) is 0 Å². The topological polar surface area (TPSA) is 65.2 Å². The predicted octanol–water partition coefficient (Wildman–Crippen LogP) is 0.980. The Morgan fingerprint density at radius 2 is 2.29 bits per heavy atom. The van der Waals surface area contributed by atoms with E-state index in [0.717, 1.165) is 18.1 Å². The second-order valence-electron chi connectivity index (χ2n) is 5.21. The zero-order chi connectivity index (χ0) is 15.0. The molecule has 1 aliphatic heterocycles. The molecule has 0 aromatic carbocycles. The van der Waals surface area contributed by atoms with Crippen LogP contribution in [0.3, 0.4) is 0 Å². The number of methoxy groups -OCH3 is 1. The van der Waals surface area contributed by atoms with E-state index in [0.29, 0.717) is 18.8 Å². The van der Waals surface area contributed by atoms with E-state index in [-0.39, 0.29) is 11.9 Å². The molecule has 112 valence electrons. The molecule has 0 saturated carbocycles. The number of carbonyl (C=O) groups is 1. The first kappa shape index (κ1) is 13.8. The molecule has 21 heavy (non-hydrogen) atoms. The van der Waals surface area contributed by atoms with Gasteiger partial charge in [-0.05, 0) is 13.0 Å². The molecule has 0 fully saturated rings. The number of hydrogen-bond donors (Lipinski definition) is 0. The molecule has 2 aromatic rings. The molecule has 7 nitrogen and oxygen atoms in total. The van der Waals surface area contributed by atoms with Gasteiger partial charge in [-0.3, -0.25) is 9.48 Å². The highest BCUT2D eigenvalue weighted by atomic mass is 16.5. The van der Waals surface area contributed by atoms with Crippen molar-refractivity contribution in [3.05, 3.63) is 35.7 Å². The van der Waals surface area contributed by atoms with Gasteiger partial charge in [-0.15, -0.1) is 0 Å². The van der Waals surface area contributed by atoms with E-state index >= 15 is 0 Å². The maximum Gasteiger partial charge on any atom is 0.272 e. The minimum Gasteiger partial charge on any atom is -0.378 e. The molecule has 0 aliphatic carbocycles. The van der Waals surface area contributed by atoms with Crippen molar-refractivity contribution >= 4 is 5.91 Å². The van der Waals surface area contributed by atoms with Crippen LogP contribution < -0.4 is 0 Å². The maximum absolute atomic E-state index is 12.6. The summed E-state index contributed by atoms with van der Waals surface area (Å²) in [5.74, 6) is 0.897. The second-order valence-corrected chi connectivity index (χ2v) is 5.21. The van der Waals surface area contributed by atoms with Crippen LogP contribution in [0, 0.1) is 0 Å². The molecule has 0 bridgehead atoms. The van der Waals surface area contributed by atoms with Crippen LogP contribution in [0.25, 0.3) is 0 Å². The number of ether oxygens (including phenoxy) is 1. The van der Waals surface area contributed by atoms with E-state index in [1.54, 1.807) is 31.1 Å². The third-order valence-corrected chi connectivity index (χ3v) is 3.97. The van der Waals surface area contributed by atoms with Crippen molar-refractivity contribution < 1.29 is 9.53 Å². The third-order valence-electron chi connectivity index (χ3n) is 3.97. The number of nitrogens with zero attached hydrogens (tertiary/aromatic N) is 5. The highest BCUT2D eigenvalue weighted by Gasteiger charge is 2.31. The zero-order valence-electron chi connectivity index (χ0n) is 12.5. The first-order valence-corrected chi connectivity index (χ1v) is 6.95. The molecule has 0 spiro atoms. The van der Waals surface area contributed by atoms with Gasteiger partial charge in [-0.25, -0.2) is 4.98 Å². The molecule has 7 heteroatoms. The lowest BCUT2D eigenvalue weighted by atomic mass is 10.2. The lowest BCUT2D eigenvalue weighted by molar-refractivity contribution is 0.0621. The monoisotopic (exact) mass is 289 g/mol. The number of rotatable bonds is 3. The normalized spacial score (nSPS) is 17.9. The van der Waals surface area contributed by atoms with Gasteiger partial charge in [0.05, 0.1) is 24.5 Å². The van der Waals surface area contributed by atoms with Gasteiger partial charge < -0.3 is 14.2 Å². The average molecular weight is 289 g/mol. The number of carbonyl (C=O) groups excluding carboxylic acids is 1. The van der Waals surface area contributed by atoms with E-state index in [2.05, 4.69) is 14.6 Å². The molecule has 1 aliphatic rings. The van der Waals surface area contributed by atoms with Crippen LogP contribution in [0.2, 0.25) is 0 Å². The van der Waals surface area contributed by atoms with E-state index < -0.39 is 0 Å². The van der Waals surface area contributed by atoms with Crippen LogP contribution in [-0.4, -0.2) is 43.8 Å². The Kier molecular flexibility index (Phi) is 3.50. The van der Waals surface area contributed by atoms with Gasteiger partial charge in [0.15, 0.2) is 0 Å². The van der Waals surface area contributed by atoms with E-state index in [1.165, 1.54) is 0 Å². The Morgan fingerprint density at radius 3 is 2.95 bits per heavy atom. The molecule has 0 saturated heterocycles. The molecular weight excluding hydrogens is 270 g/mol. The summed E-state index contributed by atoms with van der Waals surface area (Å²) in [7, 11) is 3.45. The Bertz CT molecular complexity index is 660. The number of fused-ring (bicyclic) bond motifs is 1.